The van der Waals surface area contributed by atoms with E-state index < -0.39 is 11.8 Å². The summed E-state index contributed by atoms with van der Waals surface area (Å²) >= 11 is 2.48. The molecule has 0 fully saturated rings. The van der Waals surface area contributed by atoms with Crippen molar-refractivity contribution < 1.29 is 9.59 Å². The highest BCUT2D eigenvalue weighted by Crippen LogP contribution is 2.17. The number of nitrogens with one attached hydrogen (secondary N) is 2. The molecule has 0 atom stereocenters. The highest BCUT2D eigenvalue weighted by atomic mass is 32.1. The van der Waals surface area contributed by atoms with Crippen LogP contribution in [0.2, 0.25) is 0 Å². The second kappa shape index (κ2) is 9.89. The van der Waals surface area contributed by atoms with E-state index in [0.717, 1.165) is 0 Å². The lowest BCUT2D eigenvalue weighted by Gasteiger charge is -2.03. The van der Waals surface area contributed by atoms with Gasteiger partial charge in [-0.05, 0) is 29.3 Å². The third-order valence-corrected chi connectivity index (χ3v) is 4.95. The van der Waals surface area contributed by atoms with Crippen LogP contribution >= 0.6 is 22.7 Å². The minimum absolute atomic E-state index is 0.103. The molecule has 0 spiro atoms. The molecule has 3 rings (SSSR count). The minimum Gasteiger partial charge on any atom is -0.297 e. The number of benzene rings is 1. The molecule has 0 aliphatic carbocycles. The summed E-state index contributed by atoms with van der Waals surface area (Å²) in [7, 11) is 0. The van der Waals surface area contributed by atoms with Crippen LogP contribution in [0.25, 0.3) is 12.2 Å². The Morgan fingerprint density at radius 2 is 1.33 bits per heavy atom. The SMILES string of the molecule is N#C/C(=C\c1cccc(/C=C(\C#N)C(=O)Nc2nccs2)c1)C(=O)Nc1nccs1. The van der Waals surface area contributed by atoms with Crippen molar-refractivity contribution >= 4 is 56.9 Å². The second-order valence-corrected chi connectivity index (χ2v) is 7.38. The first-order valence-electron chi connectivity index (χ1n) is 8.34. The van der Waals surface area contributed by atoms with Gasteiger partial charge in [0, 0.05) is 23.2 Å². The van der Waals surface area contributed by atoms with Gasteiger partial charge >= 0.3 is 0 Å². The first kappa shape index (κ1) is 20.6. The Morgan fingerprint density at radius 1 is 0.867 bits per heavy atom. The number of thiazole rings is 2. The molecule has 0 saturated carbocycles. The number of hydrogen-bond acceptors (Lipinski definition) is 8. The van der Waals surface area contributed by atoms with E-state index in [1.165, 1.54) is 34.8 Å². The van der Waals surface area contributed by atoms with Crippen LogP contribution in [0, 0.1) is 22.7 Å². The van der Waals surface area contributed by atoms with Gasteiger partial charge in [-0.2, -0.15) is 10.5 Å². The normalized spacial score (nSPS) is 11.3. The summed E-state index contributed by atoms with van der Waals surface area (Å²) in [5.74, 6) is -1.15. The lowest BCUT2D eigenvalue weighted by Crippen LogP contribution is -2.13. The number of hydrogen-bond donors (Lipinski definition) is 2. The molecule has 2 aromatic heterocycles. The maximum Gasteiger partial charge on any atom is 0.268 e. The molecule has 0 saturated heterocycles. The van der Waals surface area contributed by atoms with Crippen LogP contribution in [0.3, 0.4) is 0 Å². The summed E-state index contributed by atoms with van der Waals surface area (Å²) in [5, 5.41) is 27.9. The number of nitrogens with zero attached hydrogens (tertiary/aromatic N) is 4. The molecule has 3 aromatic rings. The predicted octanol–water partition coefficient (Wildman–Crippen LogP) is 3.69. The van der Waals surface area contributed by atoms with Gasteiger partial charge in [-0.3, -0.25) is 20.2 Å². The highest BCUT2D eigenvalue weighted by Gasteiger charge is 2.12. The average molecular weight is 432 g/mol. The third kappa shape index (κ3) is 5.45. The van der Waals surface area contributed by atoms with Crippen LogP contribution in [0.5, 0.6) is 0 Å². The smallest absolute Gasteiger partial charge is 0.268 e. The quantitative estimate of drug-likeness (QED) is 0.451. The Hall–Kier alpha value is -4.12. The molecule has 2 amide bonds. The maximum absolute atomic E-state index is 12.2. The van der Waals surface area contributed by atoms with Crippen LogP contribution in [0.1, 0.15) is 11.1 Å². The lowest BCUT2D eigenvalue weighted by atomic mass is 10.1. The fourth-order valence-corrected chi connectivity index (χ4v) is 3.32. The number of carbonyl (C=O) groups excluding carboxylic acids is 2. The van der Waals surface area contributed by atoms with Crippen LogP contribution < -0.4 is 10.6 Å². The largest absolute Gasteiger partial charge is 0.297 e. The topological polar surface area (TPSA) is 132 Å². The summed E-state index contributed by atoms with van der Waals surface area (Å²) in [5.41, 5.74) is 0.918. The van der Waals surface area contributed by atoms with Crippen LogP contribution in [-0.4, -0.2) is 21.8 Å². The van der Waals surface area contributed by atoms with Crippen LogP contribution in [0.15, 0.2) is 58.6 Å². The molecular weight excluding hydrogens is 420 g/mol. The summed E-state index contributed by atoms with van der Waals surface area (Å²) in [4.78, 5) is 32.4. The summed E-state index contributed by atoms with van der Waals surface area (Å²) < 4.78 is 0. The number of rotatable bonds is 6. The van der Waals surface area contributed by atoms with Gasteiger partial charge < -0.3 is 0 Å². The first-order valence-corrected chi connectivity index (χ1v) is 10.1. The van der Waals surface area contributed by atoms with E-state index in [9.17, 15) is 20.1 Å². The average Bonchev–Trinajstić information content (AvgIpc) is 3.44. The predicted molar refractivity (Wildman–Crippen MR) is 115 cm³/mol. The van der Waals surface area contributed by atoms with Crippen molar-refractivity contribution in [2.75, 3.05) is 10.6 Å². The number of carbonyl (C=O) groups is 2. The molecule has 0 bridgehead atoms. The van der Waals surface area contributed by atoms with E-state index in [1.54, 1.807) is 47.4 Å². The Labute approximate surface area is 179 Å². The summed E-state index contributed by atoms with van der Waals surface area (Å²) in [6, 6.07) is 10.5. The third-order valence-electron chi connectivity index (χ3n) is 3.57. The Balaban J connectivity index is 1.80. The number of amides is 2. The van der Waals surface area contributed by atoms with Crippen molar-refractivity contribution in [3.05, 3.63) is 69.7 Å². The van der Waals surface area contributed by atoms with Gasteiger partial charge in [-0.15, -0.1) is 22.7 Å². The molecule has 10 heteroatoms. The van der Waals surface area contributed by atoms with Crippen molar-refractivity contribution in [3.63, 3.8) is 0 Å². The molecule has 0 aliphatic heterocycles. The minimum atomic E-state index is -0.575. The van der Waals surface area contributed by atoms with Gasteiger partial charge in [0.05, 0.1) is 0 Å². The highest BCUT2D eigenvalue weighted by molar-refractivity contribution is 7.14. The van der Waals surface area contributed by atoms with E-state index >= 15 is 0 Å². The molecule has 2 heterocycles. The van der Waals surface area contributed by atoms with Crippen molar-refractivity contribution in [2.24, 2.45) is 0 Å². The lowest BCUT2D eigenvalue weighted by molar-refractivity contribution is -0.113. The van der Waals surface area contributed by atoms with Gasteiger partial charge in [-0.25, -0.2) is 9.97 Å². The molecule has 1 aromatic carbocycles. The van der Waals surface area contributed by atoms with Gasteiger partial charge in [-0.1, -0.05) is 18.2 Å². The maximum atomic E-state index is 12.2. The molecule has 8 nitrogen and oxygen atoms in total. The zero-order chi connectivity index (χ0) is 21.3. The van der Waals surface area contributed by atoms with Gasteiger partial charge in [0.15, 0.2) is 10.3 Å². The Bertz CT molecular complexity index is 1110. The molecule has 0 aliphatic rings. The molecule has 2 N–H and O–H groups in total. The van der Waals surface area contributed by atoms with E-state index in [0.29, 0.717) is 21.4 Å². The first-order chi connectivity index (χ1) is 14.6. The summed E-state index contributed by atoms with van der Waals surface area (Å²) in [6.07, 6.45) is 5.93. The van der Waals surface area contributed by atoms with Crippen molar-refractivity contribution in [1.82, 2.24) is 9.97 Å². The van der Waals surface area contributed by atoms with E-state index in [2.05, 4.69) is 20.6 Å². The Morgan fingerprint density at radius 3 is 1.70 bits per heavy atom. The molecule has 0 unspecified atom stereocenters. The fourth-order valence-electron chi connectivity index (χ4n) is 2.27. The van der Waals surface area contributed by atoms with E-state index in [-0.39, 0.29) is 11.1 Å². The zero-order valence-corrected chi connectivity index (χ0v) is 16.8. The molecule has 0 radical (unpaired) electrons. The van der Waals surface area contributed by atoms with Gasteiger partial charge in [0.1, 0.15) is 23.3 Å². The standard InChI is InChI=1S/C20H12N6O2S2/c21-11-15(17(27)25-19-23-4-6-29-19)9-13-2-1-3-14(8-13)10-16(12-22)18(28)26-20-24-5-7-30-20/h1-10H,(H,23,25,27)(H,24,26,28)/b15-9+,16-10+. The van der Waals surface area contributed by atoms with E-state index in [1.807, 2.05) is 12.1 Å². The number of nitriles is 2. The van der Waals surface area contributed by atoms with Crippen LogP contribution in [-0.2, 0) is 9.59 Å². The van der Waals surface area contributed by atoms with Crippen LogP contribution in [0.4, 0.5) is 10.3 Å². The van der Waals surface area contributed by atoms with Crippen molar-refractivity contribution in [3.8, 4) is 12.1 Å². The summed E-state index contributed by atoms with van der Waals surface area (Å²) in [6.45, 7) is 0. The molecular formula is C20H12N6O2S2. The zero-order valence-electron chi connectivity index (χ0n) is 15.2. The monoisotopic (exact) mass is 432 g/mol. The molecule has 146 valence electrons. The Kier molecular flexibility index (Phi) is 6.79. The van der Waals surface area contributed by atoms with Gasteiger partial charge in [0.2, 0.25) is 0 Å². The van der Waals surface area contributed by atoms with Crippen molar-refractivity contribution in [1.29, 1.82) is 10.5 Å². The van der Waals surface area contributed by atoms with Gasteiger partial charge in [0.25, 0.3) is 11.8 Å². The fraction of sp³-hybridized carbons (Fsp3) is 0. The number of aromatic nitrogens is 2. The van der Waals surface area contributed by atoms with Crippen molar-refractivity contribution in [2.45, 2.75) is 0 Å². The second-order valence-electron chi connectivity index (χ2n) is 5.59. The number of anilines is 2. The van der Waals surface area contributed by atoms with E-state index in [4.69, 9.17) is 0 Å². The molecule has 30 heavy (non-hydrogen) atoms.